The van der Waals surface area contributed by atoms with Crippen molar-refractivity contribution in [3.8, 4) is 5.75 Å². The maximum atomic E-state index is 12.4. The van der Waals surface area contributed by atoms with Gasteiger partial charge >= 0.3 is 0 Å². The first-order valence-corrected chi connectivity index (χ1v) is 8.00. The number of rotatable bonds is 5. The monoisotopic (exact) mass is 350 g/mol. The second kappa shape index (κ2) is 7.60. The maximum Gasteiger partial charge on any atom is 0.275 e. The summed E-state index contributed by atoms with van der Waals surface area (Å²) in [6.07, 6.45) is 2.04. The zero-order chi connectivity index (χ0) is 18.5. The van der Waals surface area contributed by atoms with Crippen LogP contribution in [0.4, 0.5) is 5.82 Å². The number of aromatic nitrogens is 3. The summed E-state index contributed by atoms with van der Waals surface area (Å²) < 4.78 is 5.12. The fourth-order valence-electron chi connectivity index (χ4n) is 2.37. The summed E-state index contributed by atoms with van der Waals surface area (Å²) in [4.78, 5) is 35.3. The number of benzene rings is 1. The average molecular weight is 350 g/mol. The van der Waals surface area contributed by atoms with Crippen LogP contribution in [0.25, 0.3) is 0 Å². The minimum Gasteiger partial charge on any atom is -0.497 e. The Kier molecular flexibility index (Phi) is 5.07. The summed E-state index contributed by atoms with van der Waals surface area (Å²) in [5, 5.41) is 2.64. The Morgan fingerprint density at radius 3 is 2.62 bits per heavy atom. The molecule has 7 nitrogen and oxygen atoms in total. The number of hydrogen-bond acceptors (Lipinski definition) is 5. The zero-order valence-electron chi connectivity index (χ0n) is 14.4. The van der Waals surface area contributed by atoms with Gasteiger partial charge in [0.15, 0.2) is 0 Å². The van der Waals surface area contributed by atoms with E-state index in [1.807, 2.05) is 37.3 Å². The summed E-state index contributed by atoms with van der Waals surface area (Å²) >= 11 is 0. The van der Waals surface area contributed by atoms with Crippen LogP contribution in [0.5, 0.6) is 5.75 Å². The Bertz CT molecular complexity index is 963. The van der Waals surface area contributed by atoms with Crippen molar-refractivity contribution < 1.29 is 9.53 Å². The van der Waals surface area contributed by atoms with Gasteiger partial charge in [0.25, 0.3) is 11.5 Å². The third-order valence-electron chi connectivity index (χ3n) is 3.71. The van der Waals surface area contributed by atoms with E-state index in [-0.39, 0.29) is 11.3 Å². The fourth-order valence-corrected chi connectivity index (χ4v) is 2.37. The molecular weight excluding hydrogens is 332 g/mol. The minimum absolute atomic E-state index is 0.0413. The number of anilines is 1. The molecule has 0 unspecified atom stereocenters. The van der Waals surface area contributed by atoms with Gasteiger partial charge in [0.2, 0.25) is 0 Å². The van der Waals surface area contributed by atoms with Crippen LogP contribution in [-0.2, 0) is 6.42 Å². The summed E-state index contributed by atoms with van der Waals surface area (Å²) in [5.74, 6) is 1.07. The van der Waals surface area contributed by atoms with Crippen LogP contribution < -0.4 is 15.6 Å². The predicted molar refractivity (Wildman–Crippen MR) is 97.6 cm³/mol. The number of carbonyl (C=O) groups excluding carboxylic acids is 1. The van der Waals surface area contributed by atoms with Gasteiger partial charge in [0.05, 0.1) is 7.11 Å². The van der Waals surface area contributed by atoms with E-state index < -0.39 is 5.91 Å². The number of carbonyl (C=O) groups is 1. The second-order valence-electron chi connectivity index (χ2n) is 5.78. The zero-order valence-corrected chi connectivity index (χ0v) is 14.4. The van der Waals surface area contributed by atoms with Crippen LogP contribution in [0.2, 0.25) is 0 Å². The lowest BCUT2D eigenvalue weighted by Crippen LogP contribution is -2.21. The summed E-state index contributed by atoms with van der Waals surface area (Å²) in [6.45, 7) is 1.91. The highest BCUT2D eigenvalue weighted by Gasteiger charge is 2.12. The van der Waals surface area contributed by atoms with E-state index in [0.717, 1.165) is 16.9 Å². The minimum atomic E-state index is -0.483. The van der Waals surface area contributed by atoms with Crippen molar-refractivity contribution in [2.24, 2.45) is 0 Å². The van der Waals surface area contributed by atoms with E-state index in [0.29, 0.717) is 18.1 Å². The van der Waals surface area contributed by atoms with Crippen LogP contribution in [0, 0.1) is 6.92 Å². The van der Waals surface area contributed by atoms with Gasteiger partial charge in [-0.2, -0.15) is 0 Å². The highest BCUT2D eigenvalue weighted by Crippen LogP contribution is 2.13. The molecule has 26 heavy (non-hydrogen) atoms. The molecule has 2 heterocycles. The lowest BCUT2D eigenvalue weighted by Gasteiger charge is -2.07. The third kappa shape index (κ3) is 4.32. The van der Waals surface area contributed by atoms with Crippen LogP contribution in [-0.4, -0.2) is 28.0 Å². The Hall–Kier alpha value is -3.48. The van der Waals surface area contributed by atoms with Crippen molar-refractivity contribution in [2.75, 3.05) is 12.4 Å². The number of hydrogen-bond donors (Lipinski definition) is 2. The first-order valence-electron chi connectivity index (χ1n) is 8.00. The van der Waals surface area contributed by atoms with Crippen molar-refractivity contribution in [1.29, 1.82) is 0 Å². The predicted octanol–water partition coefficient (Wildman–Crippen LogP) is 2.33. The molecule has 3 aromatic rings. The van der Waals surface area contributed by atoms with Crippen LogP contribution in [0.3, 0.4) is 0 Å². The molecule has 3 rings (SSSR count). The number of amides is 1. The van der Waals surface area contributed by atoms with E-state index in [4.69, 9.17) is 4.74 Å². The maximum absolute atomic E-state index is 12.4. The number of ether oxygens (including phenoxy) is 1. The Morgan fingerprint density at radius 1 is 1.19 bits per heavy atom. The van der Waals surface area contributed by atoms with Crippen molar-refractivity contribution >= 4 is 11.7 Å². The van der Waals surface area contributed by atoms with Gasteiger partial charge in [-0.05, 0) is 36.2 Å². The van der Waals surface area contributed by atoms with Gasteiger partial charge in [0.1, 0.15) is 23.1 Å². The molecule has 0 spiro atoms. The van der Waals surface area contributed by atoms with Crippen molar-refractivity contribution in [2.45, 2.75) is 13.3 Å². The first kappa shape index (κ1) is 17.3. The van der Waals surface area contributed by atoms with E-state index >= 15 is 0 Å². The number of aromatic amines is 1. The second-order valence-corrected chi connectivity index (χ2v) is 5.78. The molecule has 7 heteroatoms. The molecule has 0 saturated heterocycles. The van der Waals surface area contributed by atoms with Gasteiger partial charge in [0, 0.05) is 18.7 Å². The number of aryl methyl sites for hydroxylation is 1. The molecule has 0 radical (unpaired) electrons. The normalized spacial score (nSPS) is 10.4. The molecular formula is C19H18N4O3. The third-order valence-corrected chi connectivity index (χ3v) is 3.71. The standard InChI is InChI=1S/C19H18N4O3/c1-12-3-8-16(20-11-12)23-19(25)15-10-18(24)22-17(21-15)9-13-4-6-14(26-2)7-5-13/h3-8,10-11H,9H2,1-2H3,(H,20,23,25)(H,21,22,24). The van der Waals surface area contributed by atoms with Crippen LogP contribution >= 0.6 is 0 Å². The molecule has 1 aromatic carbocycles. The molecule has 1 amide bonds. The van der Waals surface area contributed by atoms with Gasteiger partial charge in [-0.1, -0.05) is 18.2 Å². The Labute approximate surface area is 150 Å². The molecule has 2 N–H and O–H groups in total. The average Bonchev–Trinajstić information content (AvgIpc) is 2.64. The first-order chi connectivity index (χ1) is 12.5. The van der Waals surface area contributed by atoms with E-state index in [2.05, 4.69) is 20.3 Å². The van der Waals surface area contributed by atoms with Crippen molar-refractivity contribution in [3.05, 3.63) is 81.7 Å². The lowest BCUT2D eigenvalue weighted by molar-refractivity contribution is 0.102. The number of H-pyrrole nitrogens is 1. The largest absolute Gasteiger partial charge is 0.497 e. The molecule has 0 fully saturated rings. The van der Waals surface area contributed by atoms with E-state index in [1.165, 1.54) is 6.07 Å². The summed E-state index contributed by atoms with van der Waals surface area (Å²) in [6, 6.07) is 12.1. The summed E-state index contributed by atoms with van der Waals surface area (Å²) in [5.41, 5.74) is 1.58. The fraction of sp³-hybridized carbons (Fsp3) is 0.158. The van der Waals surface area contributed by atoms with Gasteiger partial charge in [-0.3, -0.25) is 9.59 Å². The molecule has 2 aromatic heterocycles. The summed E-state index contributed by atoms with van der Waals surface area (Å²) in [7, 11) is 1.60. The van der Waals surface area contributed by atoms with Gasteiger partial charge in [-0.25, -0.2) is 9.97 Å². The number of methoxy groups -OCH3 is 1. The number of nitrogens with one attached hydrogen (secondary N) is 2. The van der Waals surface area contributed by atoms with Crippen molar-refractivity contribution in [3.63, 3.8) is 0 Å². The van der Waals surface area contributed by atoms with E-state index in [1.54, 1.807) is 19.4 Å². The SMILES string of the molecule is COc1ccc(Cc2nc(C(=O)Nc3ccc(C)cn3)cc(=O)[nH]2)cc1. The molecule has 0 bridgehead atoms. The Balaban J connectivity index is 1.78. The highest BCUT2D eigenvalue weighted by atomic mass is 16.5. The molecule has 0 aliphatic carbocycles. The number of nitrogens with zero attached hydrogens (tertiary/aromatic N) is 2. The molecule has 0 aliphatic heterocycles. The van der Waals surface area contributed by atoms with Crippen LogP contribution in [0.1, 0.15) is 27.4 Å². The highest BCUT2D eigenvalue weighted by molar-refractivity contribution is 6.02. The topological polar surface area (TPSA) is 97.0 Å². The molecule has 0 aliphatic rings. The molecule has 0 saturated carbocycles. The van der Waals surface area contributed by atoms with Gasteiger partial charge < -0.3 is 15.0 Å². The van der Waals surface area contributed by atoms with Gasteiger partial charge in [-0.15, -0.1) is 0 Å². The smallest absolute Gasteiger partial charge is 0.275 e. The van der Waals surface area contributed by atoms with Crippen molar-refractivity contribution in [1.82, 2.24) is 15.0 Å². The number of pyridine rings is 1. The Morgan fingerprint density at radius 2 is 1.96 bits per heavy atom. The molecule has 132 valence electrons. The van der Waals surface area contributed by atoms with E-state index in [9.17, 15) is 9.59 Å². The van der Waals surface area contributed by atoms with Crippen LogP contribution in [0.15, 0.2) is 53.5 Å². The molecule has 0 atom stereocenters. The quantitative estimate of drug-likeness (QED) is 0.736. The lowest BCUT2D eigenvalue weighted by atomic mass is 10.1.